The Morgan fingerprint density at radius 3 is 2.52 bits per heavy atom. The molecule has 0 aromatic heterocycles. The quantitative estimate of drug-likeness (QED) is 0.643. The van der Waals surface area contributed by atoms with E-state index in [0.29, 0.717) is 24.7 Å². The fraction of sp³-hybridized carbons (Fsp3) is 0.440. The van der Waals surface area contributed by atoms with E-state index in [-0.39, 0.29) is 18.0 Å². The zero-order valence-electron chi connectivity index (χ0n) is 19.3. The Morgan fingerprint density at radius 1 is 1.06 bits per heavy atom. The zero-order chi connectivity index (χ0) is 23.5. The molecular weight excluding hydrogens is 484 g/mol. The lowest BCUT2D eigenvalue weighted by Gasteiger charge is -2.24. The number of anilines is 2. The number of rotatable bonds is 4. The molecule has 3 atom stereocenters. The van der Waals surface area contributed by atoms with E-state index in [1.165, 1.54) is 11.1 Å². The van der Waals surface area contributed by atoms with Crippen LogP contribution in [-0.2, 0) is 22.4 Å². The van der Waals surface area contributed by atoms with Gasteiger partial charge in [0.05, 0.1) is 6.10 Å². The fourth-order valence-corrected chi connectivity index (χ4v) is 4.79. The number of benzene rings is 2. The second-order valence-corrected chi connectivity index (χ2v) is 9.87. The van der Waals surface area contributed by atoms with E-state index < -0.39 is 6.04 Å². The van der Waals surface area contributed by atoms with Crippen LogP contribution in [0, 0.1) is 0 Å². The molecule has 0 radical (unpaired) electrons. The summed E-state index contributed by atoms with van der Waals surface area (Å²) in [5, 5.41) is 5.93. The van der Waals surface area contributed by atoms with Crippen LogP contribution in [0.3, 0.4) is 0 Å². The number of carbonyl (C=O) groups excluding carboxylic acids is 2. The molecule has 8 heteroatoms. The van der Waals surface area contributed by atoms with Crippen molar-refractivity contribution >= 4 is 39.2 Å². The van der Waals surface area contributed by atoms with Crippen LogP contribution < -0.4 is 10.6 Å². The summed E-state index contributed by atoms with van der Waals surface area (Å²) in [4.78, 5) is 30.2. The van der Waals surface area contributed by atoms with Crippen molar-refractivity contribution < 1.29 is 14.3 Å². The number of nitrogens with one attached hydrogen (secondary N) is 2. The molecule has 2 heterocycles. The Morgan fingerprint density at radius 2 is 1.79 bits per heavy atom. The molecule has 7 nitrogen and oxygen atoms in total. The molecule has 2 aromatic rings. The van der Waals surface area contributed by atoms with Crippen molar-refractivity contribution in [1.29, 1.82) is 0 Å². The highest BCUT2D eigenvalue weighted by Gasteiger charge is 2.40. The third kappa shape index (κ3) is 5.57. The van der Waals surface area contributed by atoms with Crippen molar-refractivity contribution in [2.45, 2.75) is 44.4 Å². The van der Waals surface area contributed by atoms with E-state index in [4.69, 9.17) is 4.74 Å². The minimum absolute atomic E-state index is 0.181. The van der Waals surface area contributed by atoms with Gasteiger partial charge in [0.15, 0.2) is 0 Å². The zero-order valence-corrected chi connectivity index (χ0v) is 20.9. The molecular formula is C25H31BrN4O3. The number of fused-ring (bicyclic) bond motifs is 1. The molecule has 176 valence electrons. The van der Waals surface area contributed by atoms with Gasteiger partial charge in [0, 0.05) is 48.5 Å². The van der Waals surface area contributed by atoms with Gasteiger partial charge < -0.3 is 25.2 Å². The second-order valence-electron chi connectivity index (χ2n) is 8.96. The highest BCUT2D eigenvalue weighted by atomic mass is 79.9. The number of amides is 3. The van der Waals surface area contributed by atoms with Crippen LogP contribution in [0.2, 0.25) is 0 Å². The summed E-state index contributed by atoms with van der Waals surface area (Å²) < 4.78 is 6.42. The molecule has 3 amide bonds. The third-order valence-corrected chi connectivity index (χ3v) is 7.26. The number of likely N-dealkylation sites (N-methyl/N-ethyl adjacent to an activating group) is 1. The standard InChI is InChI=1S/C25H31BrN4O3/c1-16-12-18-13-21(7-4-17(18)10-11-29(16)2)27-24(31)23-14-22(33-3)15-30(23)25(32)28-20-8-5-19(26)6-9-20/h4-9,13,16,22-23H,10-12,14-15H2,1-3H3,(H,27,31)(H,28,32)/t16?,22-,23-/m1/s1. The average Bonchev–Trinajstić information content (AvgIpc) is 3.19. The Kier molecular flexibility index (Phi) is 7.36. The Hall–Kier alpha value is -2.42. The lowest BCUT2D eigenvalue weighted by molar-refractivity contribution is -0.119. The van der Waals surface area contributed by atoms with E-state index in [1.807, 2.05) is 30.3 Å². The topological polar surface area (TPSA) is 73.9 Å². The van der Waals surface area contributed by atoms with Crippen LogP contribution in [0.4, 0.5) is 16.2 Å². The van der Waals surface area contributed by atoms with Crippen LogP contribution in [0.1, 0.15) is 24.5 Å². The molecule has 0 saturated carbocycles. The predicted molar refractivity (Wildman–Crippen MR) is 134 cm³/mol. The SMILES string of the molecule is CO[C@@H]1C[C@H](C(=O)Nc2ccc3c(c2)CC(C)N(C)CC3)N(C(=O)Nc2ccc(Br)cc2)C1. The number of likely N-dealkylation sites (tertiary alicyclic amines) is 1. The monoisotopic (exact) mass is 514 g/mol. The molecule has 0 bridgehead atoms. The van der Waals surface area contributed by atoms with Crippen molar-refractivity contribution in [2.75, 3.05) is 37.9 Å². The summed E-state index contributed by atoms with van der Waals surface area (Å²) in [7, 11) is 3.76. The maximum Gasteiger partial charge on any atom is 0.322 e. The highest BCUT2D eigenvalue weighted by Crippen LogP contribution is 2.26. The van der Waals surface area contributed by atoms with E-state index in [2.05, 4.69) is 57.6 Å². The van der Waals surface area contributed by atoms with Gasteiger partial charge in [0.1, 0.15) is 6.04 Å². The first-order valence-electron chi connectivity index (χ1n) is 11.3. The second kappa shape index (κ2) is 10.2. The summed E-state index contributed by atoms with van der Waals surface area (Å²) in [6.07, 6.45) is 2.24. The third-order valence-electron chi connectivity index (χ3n) is 6.73. The first kappa shape index (κ1) is 23.7. The first-order chi connectivity index (χ1) is 15.8. The summed E-state index contributed by atoms with van der Waals surface area (Å²) in [5.74, 6) is -0.195. The molecule has 0 aliphatic carbocycles. The lowest BCUT2D eigenvalue weighted by atomic mass is 10.00. The fourth-order valence-electron chi connectivity index (χ4n) is 4.52. The van der Waals surface area contributed by atoms with Gasteiger partial charge in [0.2, 0.25) is 5.91 Å². The molecule has 2 aromatic carbocycles. The van der Waals surface area contributed by atoms with Crippen LogP contribution in [0.5, 0.6) is 0 Å². The van der Waals surface area contributed by atoms with E-state index >= 15 is 0 Å². The molecule has 1 unspecified atom stereocenters. The van der Waals surface area contributed by atoms with E-state index in [0.717, 1.165) is 29.5 Å². The summed E-state index contributed by atoms with van der Waals surface area (Å²) in [6.45, 7) is 3.62. The van der Waals surface area contributed by atoms with Gasteiger partial charge in [-0.1, -0.05) is 22.0 Å². The number of carbonyl (C=O) groups is 2. The van der Waals surface area contributed by atoms with E-state index in [1.54, 1.807) is 12.0 Å². The van der Waals surface area contributed by atoms with Crippen molar-refractivity contribution in [2.24, 2.45) is 0 Å². The van der Waals surface area contributed by atoms with Crippen molar-refractivity contribution in [3.8, 4) is 0 Å². The van der Waals surface area contributed by atoms with Gasteiger partial charge in [-0.15, -0.1) is 0 Å². The number of halogens is 1. The Balaban J connectivity index is 1.47. The van der Waals surface area contributed by atoms with Crippen LogP contribution >= 0.6 is 15.9 Å². The summed E-state index contributed by atoms with van der Waals surface area (Å²) >= 11 is 3.39. The minimum atomic E-state index is -0.603. The van der Waals surface area contributed by atoms with Gasteiger partial charge in [-0.3, -0.25) is 4.79 Å². The molecule has 1 saturated heterocycles. The maximum atomic E-state index is 13.2. The van der Waals surface area contributed by atoms with Gasteiger partial charge >= 0.3 is 6.03 Å². The molecule has 2 aliphatic rings. The average molecular weight is 515 g/mol. The van der Waals surface area contributed by atoms with Crippen molar-refractivity contribution in [1.82, 2.24) is 9.80 Å². The van der Waals surface area contributed by atoms with Crippen LogP contribution in [0.15, 0.2) is 46.9 Å². The van der Waals surface area contributed by atoms with Gasteiger partial charge in [-0.05, 0) is 74.3 Å². The number of urea groups is 1. The Bertz CT molecular complexity index is 1010. The number of ether oxygens (including phenoxy) is 1. The summed E-state index contributed by atoms with van der Waals surface area (Å²) in [5.41, 5.74) is 4.05. The molecule has 0 spiro atoms. The summed E-state index contributed by atoms with van der Waals surface area (Å²) in [6, 6.07) is 13.0. The van der Waals surface area contributed by atoms with Crippen molar-refractivity contribution in [3.63, 3.8) is 0 Å². The largest absolute Gasteiger partial charge is 0.380 e. The Labute approximate surface area is 203 Å². The minimum Gasteiger partial charge on any atom is -0.380 e. The molecule has 2 aliphatic heterocycles. The lowest BCUT2D eigenvalue weighted by Crippen LogP contribution is -2.45. The highest BCUT2D eigenvalue weighted by molar-refractivity contribution is 9.10. The number of nitrogens with zero attached hydrogens (tertiary/aromatic N) is 2. The van der Waals surface area contributed by atoms with Gasteiger partial charge in [0.25, 0.3) is 0 Å². The van der Waals surface area contributed by atoms with Crippen LogP contribution in [0.25, 0.3) is 0 Å². The predicted octanol–water partition coefficient (Wildman–Crippen LogP) is 4.13. The number of hydrogen-bond donors (Lipinski definition) is 2. The van der Waals surface area contributed by atoms with Gasteiger partial charge in [-0.2, -0.15) is 0 Å². The maximum absolute atomic E-state index is 13.2. The number of methoxy groups -OCH3 is 1. The van der Waals surface area contributed by atoms with Gasteiger partial charge in [-0.25, -0.2) is 4.79 Å². The van der Waals surface area contributed by atoms with Crippen molar-refractivity contribution in [3.05, 3.63) is 58.1 Å². The van der Waals surface area contributed by atoms with Crippen LogP contribution in [-0.4, -0.2) is 67.2 Å². The first-order valence-corrected chi connectivity index (χ1v) is 12.1. The van der Waals surface area contributed by atoms with E-state index in [9.17, 15) is 9.59 Å². The normalized spacial score (nSPS) is 23.0. The smallest absolute Gasteiger partial charge is 0.322 e. The molecule has 4 rings (SSSR count). The number of hydrogen-bond acceptors (Lipinski definition) is 4. The molecule has 2 N–H and O–H groups in total. The molecule has 33 heavy (non-hydrogen) atoms. The molecule has 1 fully saturated rings.